The van der Waals surface area contributed by atoms with Gasteiger partial charge >= 0.3 is 0 Å². The van der Waals surface area contributed by atoms with Crippen LogP contribution in [0.5, 0.6) is 11.5 Å². The van der Waals surface area contributed by atoms with Gasteiger partial charge in [-0.25, -0.2) is 4.39 Å². The summed E-state index contributed by atoms with van der Waals surface area (Å²) in [5, 5.41) is 23.3. The standard InChI is InChI=1S/C30H42FNO4/c1-26(2,3)27(4,34)21-16-28-9-10-30(21,35-14-12-31)25-29(28)11-13-32(17-18-5-6-18)22(28)15-19-7-8-20(33)24(36-25)23(19)29/h7-8,18,21-22,25,33-34H,5-6,9-17H2,1-4H3/t21-,22-,25-,27?,28+,29+,30+/m1/s1/i31-1. The first-order valence-corrected chi connectivity index (χ1v) is 14.2. The molecular weight excluding hydrogens is 456 g/mol. The predicted molar refractivity (Wildman–Crippen MR) is 135 cm³/mol. The molecule has 1 unspecified atom stereocenters. The van der Waals surface area contributed by atoms with E-state index in [1.165, 1.54) is 24.0 Å². The molecule has 2 spiro atoms. The van der Waals surface area contributed by atoms with E-state index in [4.69, 9.17) is 9.47 Å². The summed E-state index contributed by atoms with van der Waals surface area (Å²) in [4.78, 5) is 2.78. The van der Waals surface area contributed by atoms with E-state index < -0.39 is 17.9 Å². The van der Waals surface area contributed by atoms with Crippen LogP contribution in [0.4, 0.5) is 4.39 Å². The van der Waals surface area contributed by atoms with Crippen LogP contribution in [0.15, 0.2) is 12.1 Å². The summed E-state index contributed by atoms with van der Waals surface area (Å²) in [5.41, 5.74) is -0.0372. The quantitative estimate of drug-likeness (QED) is 0.593. The molecule has 2 aliphatic heterocycles. The maximum Gasteiger partial charge on any atom is 0.165 e. The number of nitrogens with zero attached hydrogens (tertiary/aromatic N) is 1. The van der Waals surface area contributed by atoms with Crippen LogP contribution in [0.2, 0.25) is 0 Å². The normalized spacial score (nSPS) is 42.1. The largest absolute Gasteiger partial charge is 0.504 e. The zero-order valence-electron chi connectivity index (χ0n) is 22.3. The second kappa shape index (κ2) is 7.18. The molecule has 7 atom stereocenters. The van der Waals surface area contributed by atoms with Crippen LogP contribution in [0.1, 0.15) is 77.3 Å². The third-order valence-corrected chi connectivity index (χ3v) is 11.9. The molecule has 4 bridgehead atoms. The zero-order chi connectivity index (χ0) is 25.3. The Kier molecular flexibility index (Phi) is 4.73. The first kappa shape index (κ1) is 23.7. The minimum atomic E-state index is -1.03. The lowest BCUT2D eigenvalue weighted by Gasteiger charge is -2.75. The molecule has 8 rings (SSSR count). The number of benzene rings is 1. The van der Waals surface area contributed by atoms with Crippen LogP contribution < -0.4 is 4.74 Å². The molecule has 1 saturated heterocycles. The van der Waals surface area contributed by atoms with Crippen LogP contribution >= 0.6 is 0 Å². The Bertz CT molecular complexity index is 1100. The van der Waals surface area contributed by atoms with Crippen molar-refractivity contribution in [3.63, 3.8) is 0 Å². The molecule has 2 N–H and O–H groups in total. The van der Waals surface area contributed by atoms with Gasteiger partial charge in [0.1, 0.15) is 18.4 Å². The minimum Gasteiger partial charge on any atom is -0.504 e. The van der Waals surface area contributed by atoms with Crippen molar-refractivity contribution in [3.8, 4) is 11.5 Å². The Morgan fingerprint density at radius 2 is 1.94 bits per heavy atom. The first-order valence-electron chi connectivity index (χ1n) is 14.2. The van der Waals surface area contributed by atoms with E-state index in [0.717, 1.165) is 51.1 Å². The Labute approximate surface area is 214 Å². The van der Waals surface area contributed by atoms with E-state index in [1.54, 1.807) is 6.07 Å². The molecule has 0 aromatic heterocycles. The highest BCUT2D eigenvalue weighted by molar-refractivity contribution is 5.63. The van der Waals surface area contributed by atoms with E-state index in [0.29, 0.717) is 11.8 Å². The fourth-order valence-electron chi connectivity index (χ4n) is 9.71. The van der Waals surface area contributed by atoms with Gasteiger partial charge in [0.25, 0.3) is 0 Å². The number of hydrogen-bond donors (Lipinski definition) is 2. The van der Waals surface area contributed by atoms with Crippen molar-refractivity contribution >= 4 is 0 Å². The summed E-state index contributed by atoms with van der Waals surface area (Å²) < 4.78 is 27.2. The number of likely N-dealkylation sites (tertiary alicyclic amines) is 1. The third-order valence-electron chi connectivity index (χ3n) is 11.9. The maximum absolute atomic E-state index is 13.7. The lowest BCUT2D eigenvalue weighted by molar-refractivity contribution is -0.319. The second-order valence-electron chi connectivity index (χ2n) is 14.1. The Hall–Kier alpha value is -1.37. The summed E-state index contributed by atoms with van der Waals surface area (Å²) in [6, 6.07) is 4.29. The van der Waals surface area contributed by atoms with Crippen LogP contribution in [0, 0.1) is 22.7 Å². The number of rotatable bonds is 6. The molecule has 0 radical (unpaired) electrons. The lowest BCUT2D eigenvalue weighted by Crippen LogP contribution is -2.83. The Balaban J connectivity index is 1.46. The average molecular weight is 499 g/mol. The number of phenols is 1. The van der Waals surface area contributed by atoms with Gasteiger partial charge in [-0.05, 0) is 81.4 Å². The number of piperidine rings is 1. The van der Waals surface area contributed by atoms with Gasteiger partial charge in [0.05, 0.1) is 12.2 Å². The highest BCUT2D eigenvalue weighted by Crippen LogP contribution is 2.78. The topological polar surface area (TPSA) is 62.2 Å². The number of halogens is 1. The molecule has 198 valence electrons. The number of aromatic hydroxyl groups is 1. The van der Waals surface area contributed by atoms with Gasteiger partial charge < -0.3 is 19.7 Å². The summed E-state index contributed by atoms with van der Waals surface area (Å²) in [7, 11) is 0. The van der Waals surface area contributed by atoms with E-state index >= 15 is 0 Å². The lowest BCUT2D eigenvalue weighted by atomic mass is 9.33. The Morgan fingerprint density at radius 1 is 1.17 bits per heavy atom. The van der Waals surface area contributed by atoms with Gasteiger partial charge in [0, 0.05) is 34.9 Å². The minimum absolute atomic E-state index is 0.00603. The fraction of sp³-hybridized carbons (Fsp3) is 0.800. The van der Waals surface area contributed by atoms with Crippen LogP contribution in [0.25, 0.3) is 0 Å². The van der Waals surface area contributed by atoms with Crippen molar-refractivity contribution in [1.82, 2.24) is 4.90 Å². The van der Waals surface area contributed by atoms with E-state index in [2.05, 4.69) is 31.7 Å². The number of fused-ring (bicyclic) bond motifs is 2. The second-order valence-corrected chi connectivity index (χ2v) is 14.1. The first-order chi connectivity index (χ1) is 17.0. The number of aliphatic hydroxyl groups is 1. The number of hydrogen-bond acceptors (Lipinski definition) is 5. The van der Waals surface area contributed by atoms with E-state index in [9.17, 15) is 14.6 Å². The van der Waals surface area contributed by atoms with Gasteiger partial charge in [-0.15, -0.1) is 0 Å². The number of alkyl halides is 1. The summed E-state index contributed by atoms with van der Waals surface area (Å²) in [5.74, 6) is 1.45. The highest BCUT2D eigenvalue weighted by atomic mass is 18.2. The molecule has 1 aromatic rings. The van der Waals surface area contributed by atoms with Crippen molar-refractivity contribution < 1.29 is 24.1 Å². The molecule has 4 saturated carbocycles. The van der Waals surface area contributed by atoms with Gasteiger partial charge in [-0.3, -0.25) is 4.90 Å². The van der Waals surface area contributed by atoms with Crippen molar-refractivity contribution in [2.75, 3.05) is 26.4 Å². The van der Waals surface area contributed by atoms with Crippen molar-refractivity contribution in [2.24, 2.45) is 22.7 Å². The van der Waals surface area contributed by atoms with Crippen LogP contribution in [0.3, 0.4) is 0 Å². The molecule has 5 fully saturated rings. The van der Waals surface area contributed by atoms with E-state index in [-0.39, 0.29) is 40.6 Å². The summed E-state index contributed by atoms with van der Waals surface area (Å²) >= 11 is 0. The summed E-state index contributed by atoms with van der Waals surface area (Å²) in [6.45, 7) is 9.90. The molecule has 2 heterocycles. The number of ether oxygens (including phenoxy) is 2. The fourth-order valence-corrected chi connectivity index (χ4v) is 9.71. The van der Waals surface area contributed by atoms with Crippen molar-refractivity contribution in [3.05, 3.63) is 23.3 Å². The zero-order valence-corrected chi connectivity index (χ0v) is 22.3. The smallest absolute Gasteiger partial charge is 0.165 e. The molecule has 5 nitrogen and oxygen atoms in total. The highest BCUT2D eigenvalue weighted by Gasteiger charge is 2.82. The van der Waals surface area contributed by atoms with Crippen molar-refractivity contribution in [2.45, 2.75) is 101 Å². The molecule has 0 amide bonds. The van der Waals surface area contributed by atoms with Gasteiger partial charge in [0.2, 0.25) is 0 Å². The summed E-state index contributed by atoms with van der Waals surface area (Å²) in [6.07, 6.45) is 6.89. The average Bonchev–Trinajstić information content (AvgIpc) is 3.57. The molecule has 1 aromatic carbocycles. The molecule has 5 aliphatic carbocycles. The maximum atomic E-state index is 13.7. The van der Waals surface area contributed by atoms with Crippen molar-refractivity contribution in [1.29, 1.82) is 0 Å². The number of phenolic OH excluding ortho intramolecular Hbond substituents is 1. The van der Waals surface area contributed by atoms with Gasteiger partial charge in [0.15, 0.2) is 11.5 Å². The van der Waals surface area contributed by atoms with Crippen LogP contribution in [-0.2, 0) is 16.6 Å². The van der Waals surface area contributed by atoms with E-state index in [1.807, 2.05) is 6.92 Å². The predicted octanol–water partition coefficient (Wildman–Crippen LogP) is 4.75. The van der Waals surface area contributed by atoms with Gasteiger partial charge in [-0.2, -0.15) is 0 Å². The van der Waals surface area contributed by atoms with Gasteiger partial charge in [-0.1, -0.05) is 26.8 Å². The Morgan fingerprint density at radius 3 is 2.64 bits per heavy atom. The third kappa shape index (κ3) is 2.62. The monoisotopic (exact) mass is 498 g/mol. The SMILES string of the molecule is CC(C)(C)C(C)(O)[C@H]1C[C@]23CC[C@@]1(OCC[18F])[C@@H]1Oc4c(O)ccc5c4[C@@]12CCN(CC1CC1)[C@@H]3C5. The molecular formula is C30H42FNO4. The molecule has 36 heavy (non-hydrogen) atoms. The van der Waals surface area contributed by atoms with Crippen LogP contribution in [-0.4, -0.2) is 64.8 Å². The molecule has 7 aliphatic rings. The molecule has 6 heteroatoms.